The predicted octanol–water partition coefficient (Wildman–Crippen LogP) is 4.72. The fourth-order valence-corrected chi connectivity index (χ4v) is 4.59. The van der Waals surface area contributed by atoms with Crippen LogP contribution in [0.3, 0.4) is 0 Å². The molecule has 1 aliphatic heterocycles. The molecule has 0 fully saturated rings. The minimum Gasteiger partial charge on any atom is -0.374 e. The number of amides is 1. The molecule has 4 rings (SSSR count). The van der Waals surface area contributed by atoms with Gasteiger partial charge in [0.1, 0.15) is 17.0 Å². The third-order valence-electron chi connectivity index (χ3n) is 6.14. The highest BCUT2D eigenvalue weighted by Gasteiger charge is 2.25. The van der Waals surface area contributed by atoms with E-state index < -0.39 is 0 Å². The zero-order valence-corrected chi connectivity index (χ0v) is 19.7. The maximum Gasteiger partial charge on any atom is 0.257 e. The van der Waals surface area contributed by atoms with Crippen molar-refractivity contribution in [1.29, 1.82) is 0 Å². The molecule has 0 saturated carbocycles. The van der Waals surface area contributed by atoms with Gasteiger partial charge in [0, 0.05) is 31.4 Å². The summed E-state index contributed by atoms with van der Waals surface area (Å²) in [6, 6.07) is 14.0. The molecular formula is C25H29ClN4O2. The molecule has 0 saturated heterocycles. The molecule has 0 radical (unpaired) electrons. The lowest BCUT2D eigenvalue weighted by atomic mass is 9.96. The van der Waals surface area contributed by atoms with E-state index in [-0.39, 0.29) is 11.9 Å². The second-order valence-corrected chi connectivity index (χ2v) is 8.95. The molecule has 1 aliphatic rings. The number of likely N-dealkylation sites (N-methyl/N-ethyl adjacent to an activating group) is 1. The number of carbonyl (C=O) groups excluding carboxylic acids is 1. The number of hydrogen-bond acceptors (Lipinski definition) is 5. The highest BCUT2D eigenvalue weighted by molar-refractivity contribution is 6.33. The molecular weight excluding hydrogens is 424 g/mol. The Morgan fingerprint density at radius 2 is 2.06 bits per heavy atom. The second-order valence-electron chi connectivity index (χ2n) is 8.54. The first-order valence-corrected chi connectivity index (χ1v) is 11.2. The summed E-state index contributed by atoms with van der Waals surface area (Å²) in [7, 11) is 6.20. The molecule has 168 valence electrons. The van der Waals surface area contributed by atoms with Crippen LogP contribution in [0.15, 0.2) is 47.0 Å². The van der Waals surface area contributed by atoms with E-state index in [1.54, 1.807) is 13.0 Å². The van der Waals surface area contributed by atoms with Gasteiger partial charge in [0.2, 0.25) is 0 Å². The lowest BCUT2D eigenvalue weighted by molar-refractivity contribution is 0.0941. The van der Waals surface area contributed by atoms with Gasteiger partial charge in [-0.2, -0.15) is 0 Å². The topological polar surface area (TPSA) is 61.6 Å². The number of rotatable bonds is 6. The summed E-state index contributed by atoms with van der Waals surface area (Å²) < 4.78 is 5.35. The number of fused-ring (bicyclic) bond motifs is 1. The lowest BCUT2D eigenvalue weighted by Gasteiger charge is -2.30. The highest BCUT2D eigenvalue weighted by Crippen LogP contribution is 2.32. The molecule has 2 heterocycles. The zero-order valence-electron chi connectivity index (χ0n) is 19.0. The van der Waals surface area contributed by atoms with Crippen LogP contribution >= 0.6 is 11.6 Å². The summed E-state index contributed by atoms with van der Waals surface area (Å²) in [4.78, 5) is 17.6. The van der Waals surface area contributed by atoms with Gasteiger partial charge in [0.25, 0.3) is 5.91 Å². The van der Waals surface area contributed by atoms with E-state index in [1.807, 2.05) is 32.3 Å². The first kappa shape index (κ1) is 22.4. The quantitative estimate of drug-likeness (QED) is 0.586. The van der Waals surface area contributed by atoms with Crippen LogP contribution in [0.25, 0.3) is 11.3 Å². The van der Waals surface area contributed by atoms with Crippen LogP contribution in [0.2, 0.25) is 5.02 Å². The van der Waals surface area contributed by atoms with Crippen LogP contribution < -0.4 is 10.2 Å². The van der Waals surface area contributed by atoms with E-state index in [9.17, 15) is 4.79 Å². The Balaban J connectivity index is 1.56. The minimum absolute atomic E-state index is 0.0420. The number of nitrogens with one attached hydrogen (secondary N) is 1. The second kappa shape index (κ2) is 9.35. The minimum atomic E-state index is -0.219. The fraction of sp³-hybridized carbons (Fsp3) is 0.360. The Kier molecular flexibility index (Phi) is 6.53. The number of carbonyl (C=O) groups is 1. The zero-order chi connectivity index (χ0) is 22.8. The van der Waals surface area contributed by atoms with Crippen LogP contribution in [-0.2, 0) is 6.42 Å². The largest absolute Gasteiger partial charge is 0.374 e. The average Bonchev–Trinajstić information content (AvgIpc) is 3.15. The molecule has 0 bridgehead atoms. The molecule has 32 heavy (non-hydrogen) atoms. The fourth-order valence-electron chi connectivity index (χ4n) is 4.37. The van der Waals surface area contributed by atoms with E-state index >= 15 is 0 Å². The molecule has 0 spiro atoms. The standard InChI is InChI=1S/C25H29ClN4O2/c1-16-23(24(28-32-16)19-9-5-6-10-20(19)26)25(31)27-15-22(29(2)3)18-11-12-21-17(14-18)8-7-13-30(21)4/h5-6,9-12,14,22H,7-8,13,15H2,1-4H3,(H,27,31). The van der Waals surface area contributed by atoms with Crippen LogP contribution in [-0.4, -0.2) is 50.2 Å². The van der Waals surface area contributed by atoms with Crippen LogP contribution in [0.4, 0.5) is 5.69 Å². The third-order valence-corrected chi connectivity index (χ3v) is 6.47. The molecule has 6 nitrogen and oxygen atoms in total. The number of hydrogen-bond donors (Lipinski definition) is 1. The van der Waals surface area contributed by atoms with Crippen molar-refractivity contribution in [3.8, 4) is 11.3 Å². The monoisotopic (exact) mass is 452 g/mol. The van der Waals surface area contributed by atoms with Crippen molar-refractivity contribution in [1.82, 2.24) is 15.4 Å². The Labute approximate surface area is 194 Å². The summed E-state index contributed by atoms with van der Waals surface area (Å²) in [6.07, 6.45) is 2.25. The van der Waals surface area contributed by atoms with Gasteiger partial charge in [-0.3, -0.25) is 4.79 Å². The molecule has 1 unspecified atom stereocenters. The summed E-state index contributed by atoms with van der Waals surface area (Å²) >= 11 is 6.34. The normalized spacial score (nSPS) is 14.4. The molecule has 3 aromatic rings. The van der Waals surface area contributed by atoms with Gasteiger partial charge in [-0.1, -0.05) is 47.1 Å². The van der Waals surface area contributed by atoms with Crippen molar-refractivity contribution in [3.05, 3.63) is 69.9 Å². The van der Waals surface area contributed by atoms with Crippen molar-refractivity contribution in [3.63, 3.8) is 0 Å². The van der Waals surface area contributed by atoms with Gasteiger partial charge in [0.15, 0.2) is 0 Å². The number of aromatic nitrogens is 1. The van der Waals surface area contributed by atoms with Crippen molar-refractivity contribution in [2.24, 2.45) is 0 Å². The maximum atomic E-state index is 13.2. The summed E-state index contributed by atoms with van der Waals surface area (Å²) in [5.41, 5.74) is 5.42. The number of anilines is 1. The highest BCUT2D eigenvalue weighted by atomic mass is 35.5. The first-order valence-electron chi connectivity index (χ1n) is 10.9. The van der Waals surface area contributed by atoms with Crippen LogP contribution in [0, 0.1) is 6.92 Å². The number of nitrogens with zero attached hydrogens (tertiary/aromatic N) is 3. The van der Waals surface area contributed by atoms with E-state index in [4.69, 9.17) is 16.1 Å². The van der Waals surface area contributed by atoms with Gasteiger partial charge in [0.05, 0.1) is 11.1 Å². The Morgan fingerprint density at radius 3 is 2.81 bits per heavy atom. The van der Waals surface area contributed by atoms with E-state index in [0.717, 1.165) is 19.4 Å². The number of halogens is 1. The van der Waals surface area contributed by atoms with Crippen molar-refractivity contribution < 1.29 is 9.32 Å². The van der Waals surface area contributed by atoms with Gasteiger partial charge in [-0.25, -0.2) is 0 Å². The van der Waals surface area contributed by atoms with Gasteiger partial charge < -0.3 is 19.6 Å². The SMILES string of the molecule is Cc1onc(-c2ccccc2Cl)c1C(=O)NCC(c1ccc2c(c1)CCCN2C)N(C)C. The molecule has 1 atom stereocenters. The number of aryl methyl sites for hydroxylation is 2. The van der Waals surface area contributed by atoms with Crippen molar-refractivity contribution in [2.75, 3.05) is 39.1 Å². The molecule has 1 aromatic heterocycles. The average molecular weight is 453 g/mol. The maximum absolute atomic E-state index is 13.2. The molecule has 7 heteroatoms. The van der Waals surface area contributed by atoms with Crippen LogP contribution in [0.5, 0.6) is 0 Å². The Bertz CT molecular complexity index is 1120. The summed E-state index contributed by atoms with van der Waals surface area (Å²) in [6.45, 7) is 3.30. The first-order chi connectivity index (χ1) is 15.4. The Morgan fingerprint density at radius 1 is 1.28 bits per heavy atom. The van der Waals surface area contributed by atoms with Crippen molar-refractivity contribution >= 4 is 23.2 Å². The Hall–Kier alpha value is -2.83. The van der Waals surface area contributed by atoms with E-state index in [0.29, 0.717) is 34.1 Å². The van der Waals surface area contributed by atoms with Gasteiger partial charge in [-0.05, 0) is 57.1 Å². The predicted molar refractivity (Wildman–Crippen MR) is 128 cm³/mol. The van der Waals surface area contributed by atoms with Crippen LogP contribution in [0.1, 0.15) is 39.7 Å². The van der Waals surface area contributed by atoms with E-state index in [2.05, 4.69) is 45.5 Å². The molecule has 2 aromatic carbocycles. The van der Waals surface area contributed by atoms with Gasteiger partial charge in [-0.15, -0.1) is 0 Å². The summed E-state index contributed by atoms with van der Waals surface area (Å²) in [5, 5.41) is 7.73. The molecule has 0 aliphatic carbocycles. The van der Waals surface area contributed by atoms with Gasteiger partial charge >= 0.3 is 0 Å². The molecule has 1 N–H and O–H groups in total. The molecule has 1 amide bonds. The number of benzene rings is 2. The lowest BCUT2D eigenvalue weighted by Crippen LogP contribution is -2.35. The smallest absolute Gasteiger partial charge is 0.257 e. The summed E-state index contributed by atoms with van der Waals surface area (Å²) in [5.74, 6) is 0.249. The van der Waals surface area contributed by atoms with E-state index in [1.165, 1.54) is 16.8 Å². The third kappa shape index (κ3) is 4.38. The van der Waals surface area contributed by atoms with Crippen molar-refractivity contribution in [2.45, 2.75) is 25.8 Å².